The number of anilines is 1. The van der Waals surface area contributed by atoms with Gasteiger partial charge in [0.1, 0.15) is 11.6 Å². The van der Waals surface area contributed by atoms with Gasteiger partial charge in [0.15, 0.2) is 5.82 Å². The summed E-state index contributed by atoms with van der Waals surface area (Å²) in [5.74, 6) is 1.07. The van der Waals surface area contributed by atoms with Gasteiger partial charge < -0.3 is 5.32 Å². The first-order valence-corrected chi connectivity index (χ1v) is 6.04. The minimum atomic E-state index is -0.233. The maximum Gasteiger partial charge on any atom is 0.161 e. The number of benzene rings is 1. The number of hydrogen-bond acceptors (Lipinski definition) is 3. The normalized spacial score (nSPS) is 10.4. The first kappa shape index (κ1) is 12.5. The van der Waals surface area contributed by atoms with Crippen LogP contribution in [0, 0.1) is 12.7 Å². The van der Waals surface area contributed by atoms with E-state index in [-0.39, 0.29) is 5.82 Å². The fourth-order valence-corrected chi connectivity index (χ4v) is 1.58. The van der Waals surface area contributed by atoms with Crippen LogP contribution in [0.3, 0.4) is 0 Å². The third kappa shape index (κ3) is 2.83. The minimum Gasteiger partial charge on any atom is -0.370 e. The zero-order valence-electron chi connectivity index (χ0n) is 10.6. The highest BCUT2D eigenvalue weighted by Gasteiger charge is 2.05. The van der Waals surface area contributed by atoms with E-state index in [4.69, 9.17) is 0 Å². The van der Waals surface area contributed by atoms with Crippen molar-refractivity contribution in [2.45, 2.75) is 20.3 Å². The van der Waals surface area contributed by atoms with Crippen molar-refractivity contribution in [1.82, 2.24) is 9.97 Å². The lowest BCUT2D eigenvalue weighted by atomic mass is 10.1. The van der Waals surface area contributed by atoms with Crippen LogP contribution in [-0.4, -0.2) is 16.5 Å². The zero-order chi connectivity index (χ0) is 13.0. The summed E-state index contributed by atoms with van der Waals surface area (Å²) >= 11 is 0. The molecule has 4 heteroatoms. The van der Waals surface area contributed by atoms with Crippen LogP contribution in [0.15, 0.2) is 30.5 Å². The smallest absolute Gasteiger partial charge is 0.161 e. The number of rotatable bonds is 4. The molecule has 0 fully saturated rings. The van der Waals surface area contributed by atoms with Gasteiger partial charge in [0.25, 0.3) is 0 Å². The van der Waals surface area contributed by atoms with Crippen molar-refractivity contribution in [2.24, 2.45) is 0 Å². The average Bonchev–Trinajstić information content (AvgIpc) is 2.40. The van der Waals surface area contributed by atoms with Gasteiger partial charge in [0.05, 0.1) is 0 Å². The summed E-state index contributed by atoms with van der Waals surface area (Å²) in [5, 5.41) is 3.19. The molecule has 3 nitrogen and oxygen atoms in total. The van der Waals surface area contributed by atoms with Gasteiger partial charge in [-0.05, 0) is 31.0 Å². The minimum absolute atomic E-state index is 0.233. The maximum absolute atomic E-state index is 13.5. The quantitative estimate of drug-likeness (QED) is 0.897. The fraction of sp³-hybridized carbons (Fsp3) is 0.286. The summed E-state index contributed by atoms with van der Waals surface area (Å²) in [6.07, 6.45) is 2.70. The Labute approximate surface area is 106 Å². The summed E-state index contributed by atoms with van der Waals surface area (Å²) in [4.78, 5) is 8.53. The molecule has 0 aliphatic rings. The predicted molar refractivity (Wildman–Crippen MR) is 70.9 cm³/mol. The van der Waals surface area contributed by atoms with Gasteiger partial charge in [0.2, 0.25) is 0 Å². The van der Waals surface area contributed by atoms with E-state index in [0.717, 1.165) is 18.8 Å². The molecule has 0 spiro atoms. The van der Waals surface area contributed by atoms with Crippen LogP contribution < -0.4 is 5.32 Å². The molecule has 1 N–H and O–H groups in total. The highest BCUT2D eigenvalue weighted by molar-refractivity contribution is 5.57. The number of aromatic nitrogens is 2. The van der Waals surface area contributed by atoms with Crippen molar-refractivity contribution in [3.63, 3.8) is 0 Å². The lowest BCUT2D eigenvalue weighted by Crippen LogP contribution is -2.03. The Bertz CT molecular complexity index is 540. The average molecular weight is 245 g/mol. The summed E-state index contributed by atoms with van der Waals surface area (Å²) in [7, 11) is 0. The Morgan fingerprint density at radius 3 is 2.83 bits per heavy atom. The molecular weight excluding hydrogens is 229 g/mol. The Morgan fingerprint density at radius 1 is 1.28 bits per heavy atom. The molecular formula is C14H16FN3. The molecule has 0 bridgehead atoms. The first-order valence-electron chi connectivity index (χ1n) is 6.04. The molecule has 0 saturated carbocycles. The largest absolute Gasteiger partial charge is 0.370 e. The van der Waals surface area contributed by atoms with E-state index in [0.29, 0.717) is 17.0 Å². The molecule has 0 amide bonds. The van der Waals surface area contributed by atoms with Gasteiger partial charge in [-0.15, -0.1) is 0 Å². The Morgan fingerprint density at radius 2 is 2.11 bits per heavy atom. The van der Waals surface area contributed by atoms with Crippen molar-refractivity contribution in [2.75, 3.05) is 11.9 Å². The van der Waals surface area contributed by atoms with Gasteiger partial charge >= 0.3 is 0 Å². The van der Waals surface area contributed by atoms with Gasteiger partial charge in [-0.25, -0.2) is 14.4 Å². The highest BCUT2D eigenvalue weighted by atomic mass is 19.1. The number of halogens is 1. The van der Waals surface area contributed by atoms with Gasteiger partial charge in [-0.1, -0.05) is 19.1 Å². The van der Waals surface area contributed by atoms with Crippen LogP contribution in [0.2, 0.25) is 0 Å². The van der Waals surface area contributed by atoms with E-state index >= 15 is 0 Å². The molecule has 0 atom stereocenters. The topological polar surface area (TPSA) is 37.8 Å². The second-order valence-corrected chi connectivity index (χ2v) is 4.16. The second kappa shape index (κ2) is 5.58. The van der Waals surface area contributed by atoms with E-state index in [2.05, 4.69) is 22.2 Å². The van der Waals surface area contributed by atoms with Crippen LogP contribution in [0.4, 0.5) is 10.2 Å². The van der Waals surface area contributed by atoms with Gasteiger partial charge in [-0.2, -0.15) is 0 Å². The van der Waals surface area contributed by atoms with Gasteiger partial charge in [0, 0.05) is 18.3 Å². The number of nitrogens with zero attached hydrogens (tertiary/aromatic N) is 2. The molecule has 1 aromatic carbocycles. The molecule has 0 aliphatic carbocycles. The summed E-state index contributed by atoms with van der Waals surface area (Å²) < 4.78 is 13.5. The molecule has 94 valence electrons. The predicted octanol–water partition coefficient (Wildman–Crippen LogP) is 3.41. The number of nitrogens with one attached hydrogen (secondary N) is 1. The molecule has 2 aromatic rings. The van der Waals surface area contributed by atoms with Crippen molar-refractivity contribution in [3.8, 4) is 11.4 Å². The Kier molecular flexibility index (Phi) is 3.87. The summed E-state index contributed by atoms with van der Waals surface area (Å²) in [6, 6.07) is 6.84. The number of aryl methyl sites for hydroxylation is 1. The molecule has 0 aliphatic heterocycles. The monoisotopic (exact) mass is 245 g/mol. The lowest BCUT2D eigenvalue weighted by molar-refractivity contribution is 0.619. The molecule has 2 rings (SSSR count). The fourth-order valence-electron chi connectivity index (χ4n) is 1.58. The summed E-state index contributed by atoms with van der Waals surface area (Å²) in [5.41, 5.74) is 1.32. The molecule has 0 radical (unpaired) electrons. The standard InChI is InChI=1S/C14H16FN3/c1-3-7-16-13-6-8-17-14(18-13)11-5-4-10(2)12(15)9-11/h4-6,8-9H,3,7H2,1-2H3,(H,16,17,18). The zero-order valence-corrected chi connectivity index (χ0v) is 10.6. The van der Waals surface area contributed by atoms with Crippen molar-refractivity contribution >= 4 is 5.82 Å². The third-order valence-electron chi connectivity index (χ3n) is 2.64. The third-order valence-corrected chi connectivity index (χ3v) is 2.64. The van der Waals surface area contributed by atoms with Crippen molar-refractivity contribution < 1.29 is 4.39 Å². The Hall–Kier alpha value is -1.97. The highest BCUT2D eigenvalue weighted by Crippen LogP contribution is 2.19. The summed E-state index contributed by atoms with van der Waals surface area (Å²) in [6.45, 7) is 4.68. The van der Waals surface area contributed by atoms with Crippen LogP contribution in [0.25, 0.3) is 11.4 Å². The molecule has 0 saturated heterocycles. The van der Waals surface area contributed by atoms with Crippen molar-refractivity contribution in [3.05, 3.63) is 41.8 Å². The Balaban J connectivity index is 2.29. The van der Waals surface area contributed by atoms with Crippen LogP contribution in [0.5, 0.6) is 0 Å². The van der Waals surface area contributed by atoms with Crippen LogP contribution in [0.1, 0.15) is 18.9 Å². The number of hydrogen-bond donors (Lipinski definition) is 1. The van der Waals surface area contributed by atoms with E-state index in [1.54, 1.807) is 19.2 Å². The van der Waals surface area contributed by atoms with Crippen molar-refractivity contribution in [1.29, 1.82) is 0 Å². The van der Waals surface area contributed by atoms with E-state index in [1.165, 1.54) is 6.07 Å². The molecule has 1 heterocycles. The first-order chi connectivity index (χ1) is 8.70. The SMILES string of the molecule is CCCNc1ccnc(-c2ccc(C)c(F)c2)n1. The van der Waals surface area contributed by atoms with E-state index in [9.17, 15) is 4.39 Å². The van der Waals surface area contributed by atoms with Crippen LogP contribution >= 0.6 is 0 Å². The second-order valence-electron chi connectivity index (χ2n) is 4.16. The van der Waals surface area contributed by atoms with Gasteiger partial charge in [-0.3, -0.25) is 0 Å². The lowest BCUT2D eigenvalue weighted by Gasteiger charge is -2.06. The molecule has 18 heavy (non-hydrogen) atoms. The molecule has 0 unspecified atom stereocenters. The molecule has 1 aromatic heterocycles. The van der Waals surface area contributed by atoms with Crippen LogP contribution in [-0.2, 0) is 0 Å². The van der Waals surface area contributed by atoms with E-state index in [1.807, 2.05) is 12.1 Å². The maximum atomic E-state index is 13.5. The van der Waals surface area contributed by atoms with E-state index < -0.39 is 0 Å².